The number of nitrogens with zero attached hydrogens (tertiary/aromatic N) is 2. The van der Waals surface area contributed by atoms with Crippen LogP contribution >= 0.6 is 0 Å². The van der Waals surface area contributed by atoms with E-state index in [0.717, 1.165) is 11.6 Å². The third kappa shape index (κ3) is 5.52. The van der Waals surface area contributed by atoms with Crippen LogP contribution in [-0.4, -0.2) is 25.5 Å². The number of nitrogens with one attached hydrogen (secondary N) is 1. The molecule has 1 N–H and O–H groups in total. The molecule has 3 aromatic carbocycles. The van der Waals surface area contributed by atoms with Gasteiger partial charge in [0.05, 0.1) is 11.1 Å². The van der Waals surface area contributed by atoms with E-state index in [9.17, 15) is 23.3 Å². The third-order valence-corrected chi connectivity index (χ3v) is 5.37. The SMILES string of the molecule is Cc1ccc(S(=O)(=O)Oc2ccccc2/C=N\NC(=O)c2cccc([N+](=O)[O-])c2)cc1. The third-order valence-electron chi connectivity index (χ3n) is 4.12. The Kier molecular flexibility index (Phi) is 6.41. The number of aryl methyl sites for hydroxylation is 1. The van der Waals surface area contributed by atoms with Crippen LogP contribution in [0.5, 0.6) is 5.75 Å². The number of carbonyl (C=O) groups is 1. The van der Waals surface area contributed by atoms with Crippen LogP contribution in [-0.2, 0) is 10.1 Å². The Labute approximate surface area is 178 Å². The van der Waals surface area contributed by atoms with Crippen LogP contribution in [0.4, 0.5) is 5.69 Å². The summed E-state index contributed by atoms with van der Waals surface area (Å²) in [5.41, 5.74) is 3.28. The van der Waals surface area contributed by atoms with E-state index < -0.39 is 20.9 Å². The lowest BCUT2D eigenvalue weighted by Crippen LogP contribution is -2.18. The van der Waals surface area contributed by atoms with Gasteiger partial charge in [-0.25, -0.2) is 5.43 Å². The molecule has 0 unspecified atom stereocenters. The minimum absolute atomic E-state index is 0.00353. The van der Waals surface area contributed by atoms with Crippen molar-refractivity contribution in [1.82, 2.24) is 5.43 Å². The molecule has 158 valence electrons. The van der Waals surface area contributed by atoms with Crippen molar-refractivity contribution in [3.63, 3.8) is 0 Å². The van der Waals surface area contributed by atoms with Crippen molar-refractivity contribution in [2.75, 3.05) is 0 Å². The number of nitro benzene ring substituents is 1. The van der Waals surface area contributed by atoms with Gasteiger partial charge in [0, 0.05) is 23.3 Å². The Morgan fingerprint density at radius 1 is 1.06 bits per heavy atom. The molecule has 0 aliphatic carbocycles. The van der Waals surface area contributed by atoms with Crippen molar-refractivity contribution in [3.05, 3.63) is 99.6 Å². The molecule has 0 spiro atoms. The van der Waals surface area contributed by atoms with Crippen molar-refractivity contribution >= 4 is 27.9 Å². The van der Waals surface area contributed by atoms with Gasteiger partial charge in [0.25, 0.3) is 11.6 Å². The summed E-state index contributed by atoms with van der Waals surface area (Å²) >= 11 is 0. The number of carbonyl (C=O) groups excluding carboxylic acids is 1. The second-order valence-electron chi connectivity index (χ2n) is 6.39. The smallest absolute Gasteiger partial charge is 0.339 e. The maximum atomic E-state index is 12.5. The molecule has 0 radical (unpaired) electrons. The standard InChI is InChI=1S/C21H17N3O6S/c1-15-9-11-19(12-10-15)31(28,29)30-20-8-3-2-5-17(20)14-22-23-21(25)16-6-4-7-18(13-16)24(26)27/h2-14H,1H3,(H,23,25)/b22-14-. The van der Waals surface area contributed by atoms with E-state index in [1.807, 2.05) is 6.92 Å². The second kappa shape index (κ2) is 9.18. The van der Waals surface area contributed by atoms with Gasteiger partial charge in [-0.05, 0) is 37.3 Å². The second-order valence-corrected chi connectivity index (χ2v) is 7.94. The quantitative estimate of drug-likeness (QED) is 0.260. The molecule has 1 amide bonds. The fourth-order valence-electron chi connectivity index (χ4n) is 2.52. The van der Waals surface area contributed by atoms with Crippen molar-refractivity contribution in [1.29, 1.82) is 0 Å². The highest BCUT2D eigenvalue weighted by Gasteiger charge is 2.18. The Hall–Kier alpha value is -4.05. The van der Waals surface area contributed by atoms with Gasteiger partial charge in [-0.3, -0.25) is 14.9 Å². The number of nitro groups is 1. The van der Waals surface area contributed by atoms with Crippen LogP contribution in [0.1, 0.15) is 21.5 Å². The molecule has 0 heterocycles. The first-order chi connectivity index (χ1) is 14.8. The Bertz CT molecular complexity index is 1250. The van der Waals surface area contributed by atoms with Crippen LogP contribution in [0, 0.1) is 17.0 Å². The van der Waals surface area contributed by atoms with Gasteiger partial charge in [-0.15, -0.1) is 0 Å². The minimum Gasteiger partial charge on any atom is -0.378 e. The van der Waals surface area contributed by atoms with Crippen molar-refractivity contribution < 1.29 is 22.3 Å². The number of hydrazone groups is 1. The van der Waals surface area contributed by atoms with E-state index >= 15 is 0 Å². The molecule has 0 aromatic heterocycles. The van der Waals surface area contributed by atoms with Crippen molar-refractivity contribution in [2.24, 2.45) is 5.10 Å². The molecule has 10 heteroatoms. The Morgan fingerprint density at radius 3 is 2.48 bits per heavy atom. The van der Waals surface area contributed by atoms with Crippen molar-refractivity contribution in [2.45, 2.75) is 11.8 Å². The molecule has 0 saturated heterocycles. The molecule has 0 fully saturated rings. The Morgan fingerprint density at radius 2 is 1.77 bits per heavy atom. The van der Waals surface area contributed by atoms with E-state index in [1.165, 1.54) is 42.6 Å². The lowest BCUT2D eigenvalue weighted by atomic mass is 10.2. The molecule has 9 nitrogen and oxygen atoms in total. The monoisotopic (exact) mass is 439 g/mol. The fourth-order valence-corrected chi connectivity index (χ4v) is 3.47. The van der Waals surface area contributed by atoms with Gasteiger partial charge in [0.1, 0.15) is 4.90 Å². The zero-order valence-electron chi connectivity index (χ0n) is 16.3. The summed E-state index contributed by atoms with van der Waals surface area (Å²) < 4.78 is 30.3. The van der Waals surface area contributed by atoms with E-state index in [0.29, 0.717) is 5.56 Å². The number of benzene rings is 3. The predicted octanol–water partition coefficient (Wildman–Crippen LogP) is 3.43. The maximum Gasteiger partial charge on any atom is 0.339 e. The highest BCUT2D eigenvalue weighted by atomic mass is 32.2. The topological polar surface area (TPSA) is 128 Å². The molecule has 0 saturated carbocycles. The van der Waals surface area contributed by atoms with Crippen LogP contribution in [0.15, 0.2) is 82.8 Å². The van der Waals surface area contributed by atoms with E-state index in [2.05, 4.69) is 10.5 Å². The first-order valence-corrected chi connectivity index (χ1v) is 10.3. The summed E-state index contributed by atoms with van der Waals surface area (Å²) in [6.45, 7) is 1.84. The number of rotatable bonds is 7. The number of amides is 1. The highest BCUT2D eigenvalue weighted by molar-refractivity contribution is 7.87. The average Bonchev–Trinajstić information content (AvgIpc) is 2.75. The minimum atomic E-state index is -4.06. The van der Waals surface area contributed by atoms with Gasteiger partial charge in [0.15, 0.2) is 5.75 Å². The molecular formula is C21H17N3O6S. The summed E-state index contributed by atoms with van der Waals surface area (Å²) in [6, 6.07) is 17.6. The molecule has 0 bridgehead atoms. The Balaban J connectivity index is 1.75. The summed E-state index contributed by atoms with van der Waals surface area (Å²) in [7, 11) is -4.06. The van der Waals surface area contributed by atoms with Crippen LogP contribution in [0.3, 0.4) is 0 Å². The summed E-state index contributed by atoms with van der Waals surface area (Å²) in [6.07, 6.45) is 1.22. The molecule has 3 rings (SSSR count). The first kappa shape index (κ1) is 21.7. The number of hydrogen-bond donors (Lipinski definition) is 1. The molecule has 0 aliphatic heterocycles. The summed E-state index contributed by atoms with van der Waals surface area (Å²) in [5.74, 6) is -0.637. The van der Waals surface area contributed by atoms with Crippen molar-refractivity contribution in [3.8, 4) is 5.75 Å². The largest absolute Gasteiger partial charge is 0.378 e. The van der Waals surface area contributed by atoms with Crippen LogP contribution < -0.4 is 9.61 Å². The van der Waals surface area contributed by atoms with Gasteiger partial charge < -0.3 is 4.18 Å². The van der Waals surface area contributed by atoms with Gasteiger partial charge >= 0.3 is 10.1 Å². The van der Waals surface area contributed by atoms with Crippen LogP contribution in [0.25, 0.3) is 0 Å². The fraction of sp³-hybridized carbons (Fsp3) is 0.0476. The van der Waals surface area contributed by atoms with E-state index in [4.69, 9.17) is 4.18 Å². The lowest BCUT2D eigenvalue weighted by molar-refractivity contribution is -0.384. The zero-order chi connectivity index (χ0) is 22.4. The van der Waals surface area contributed by atoms with E-state index in [1.54, 1.807) is 30.3 Å². The molecule has 0 aliphatic rings. The van der Waals surface area contributed by atoms with Gasteiger partial charge in [-0.1, -0.05) is 35.9 Å². The van der Waals surface area contributed by atoms with Gasteiger partial charge in [-0.2, -0.15) is 13.5 Å². The van der Waals surface area contributed by atoms with E-state index in [-0.39, 0.29) is 21.9 Å². The normalized spacial score (nSPS) is 11.3. The zero-order valence-corrected chi connectivity index (χ0v) is 17.1. The average molecular weight is 439 g/mol. The lowest BCUT2D eigenvalue weighted by Gasteiger charge is -2.09. The number of para-hydroxylation sites is 1. The predicted molar refractivity (Wildman–Crippen MR) is 114 cm³/mol. The number of non-ortho nitro benzene ring substituents is 1. The van der Waals surface area contributed by atoms with Crippen LogP contribution in [0.2, 0.25) is 0 Å². The molecule has 0 atom stereocenters. The molecule has 31 heavy (non-hydrogen) atoms. The highest BCUT2D eigenvalue weighted by Crippen LogP contribution is 2.22. The number of hydrogen-bond acceptors (Lipinski definition) is 7. The maximum absolute atomic E-state index is 12.5. The summed E-state index contributed by atoms with van der Waals surface area (Å²) in [5, 5.41) is 14.6. The summed E-state index contributed by atoms with van der Waals surface area (Å²) in [4.78, 5) is 22.4. The van der Waals surface area contributed by atoms with Gasteiger partial charge in [0.2, 0.25) is 0 Å². The molecule has 3 aromatic rings. The molecular weight excluding hydrogens is 422 g/mol. The first-order valence-electron chi connectivity index (χ1n) is 8.94.